The highest BCUT2D eigenvalue weighted by atomic mass is 16.6. The first-order valence-electron chi connectivity index (χ1n) is 10.8. The van der Waals surface area contributed by atoms with Crippen LogP contribution in [0.25, 0.3) is 0 Å². The Morgan fingerprint density at radius 1 is 1.28 bits per heavy atom. The molecule has 1 saturated carbocycles. The van der Waals surface area contributed by atoms with Crippen LogP contribution < -0.4 is 5.73 Å². The van der Waals surface area contributed by atoms with Crippen LogP contribution in [0.3, 0.4) is 0 Å². The van der Waals surface area contributed by atoms with Crippen LogP contribution in [0.4, 0.5) is 4.79 Å². The number of nitrogens with two attached hydrogens (primary N) is 1. The second kappa shape index (κ2) is 7.26. The van der Waals surface area contributed by atoms with E-state index in [0.29, 0.717) is 30.7 Å². The Hall–Kier alpha value is -2.18. The van der Waals surface area contributed by atoms with Gasteiger partial charge in [0.05, 0.1) is 36.0 Å². The molecule has 0 spiro atoms. The zero-order chi connectivity index (χ0) is 20.8. The highest BCUT2D eigenvalue weighted by Crippen LogP contribution is 2.38. The van der Waals surface area contributed by atoms with E-state index in [2.05, 4.69) is 18.0 Å². The largest absolute Gasteiger partial charge is 0.491 e. The molecule has 0 bridgehead atoms. The molecule has 2 heterocycles. The molecule has 0 aromatic heterocycles. The molecule has 160 valence electrons. The number of piperidine rings is 1. The molecule has 0 aromatic carbocycles. The lowest BCUT2D eigenvalue weighted by atomic mass is 9.81. The Balaban J connectivity index is 1.37. The van der Waals surface area contributed by atoms with Gasteiger partial charge in [-0.15, -0.1) is 0 Å². The normalized spacial score (nSPS) is 27.8. The van der Waals surface area contributed by atoms with Crippen molar-refractivity contribution in [2.45, 2.75) is 65.0 Å². The van der Waals surface area contributed by atoms with Crippen molar-refractivity contribution in [3.63, 3.8) is 0 Å². The maximum Gasteiger partial charge on any atom is 0.410 e. The van der Waals surface area contributed by atoms with E-state index in [1.807, 2.05) is 26.8 Å². The maximum absolute atomic E-state index is 12.3. The standard InChI is InChI=1S/C22H34N4O3/c1-21(2,3)29-20(27)25-9-7-16(8-10-25)26-14-22(4)12-17(23)18(11-19(22)24-26)28-13-15-5-6-15/h11-12,15-16H,5-10,13-14,23H2,1-4H3. The lowest BCUT2D eigenvalue weighted by Gasteiger charge is -2.37. The van der Waals surface area contributed by atoms with Crippen molar-refractivity contribution in [3.05, 3.63) is 23.6 Å². The van der Waals surface area contributed by atoms with E-state index >= 15 is 0 Å². The second-order valence-corrected chi connectivity index (χ2v) is 10.1. The van der Waals surface area contributed by atoms with Gasteiger partial charge in [0.2, 0.25) is 0 Å². The van der Waals surface area contributed by atoms with Crippen molar-refractivity contribution < 1.29 is 14.3 Å². The van der Waals surface area contributed by atoms with E-state index < -0.39 is 5.60 Å². The third kappa shape index (κ3) is 4.54. The number of hydrogen-bond acceptors (Lipinski definition) is 6. The van der Waals surface area contributed by atoms with E-state index in [-0.39, 0.29) is 11.5 Å². The lowest BCUT2D eigenvalue weighted by Crippen LogP contribution is -2.47. The van der Waals surface area contributed by atoms with Gasteiger partial charge in [-0.25, -0.2) is 4.79 Å². The number of fused-ring (bicyclic) bond motifs is 1. The summed E-state index contributed by atoms with van der Waals surface area (Å²) in [4.78, 5) is 14.1. The van der Waals surface area contributed by atoms with E-state index in [0.717, 1.165) is 37.5 Å². The van der Waals surface area contributed by atoms with Crippen LogP contribution in [-0.2, 0) is 9.47 Å². The summed E-state index contributed by atoms with van der Waals surface area (Å²) in [7, 11) is 0. The summed E-state index contributed by atoms with van der Waals surface area (Å²) >= 11 is 0. The Labute approximate surface area is 173 Å². The maximum atomic E-state index is 12.3. The summed E-state index contributed by atoms with van der Waals surface area (Å²) in [6.07, 6.45) is 8.19. The average molecular weight is 403 g/mol. The number of hydrazone groups is 1. The molecule has 7 nitrogen and oxygen atoms in total. The summed E-state index contributed by atoms with van der Waals surface area (Å²) in [5, 5.41) is 7.11. The van der Waals surface area contributed by atoms with Crippen LogP contribution >= 0.6 is 0 Å². The molecule has 7 heteroatoms. The molecule has 1 amide bonds. The number of allylic oxidation sites excluding steroid dienone is 1. The van der Waals surface area contributed by atoms with E-state index in [1.54, 1.807) is 4.90 Å². The fourth-order valence-corrected chi connectivity index (χ4v) is 4.14. The molecule has 0 radical (unpaired) electrons. The van der Waals surface area contributed by atoms with Crippen molar-refractivity contribution in [1.82, 2.24) is 9.91 Å². The highest BCUT2D eigenvalue weighted by Gasteiger charge is 2.42. The topological polar surface area (TPSA) is 80.4 Å². The van der Waals surface area contributed by atoms with Gasteiger partial charge in [0.25, 0.3) is 0 Å². The Morgan fingerprint density at radius 2 is 1.97 bits per heavy atom. The van der Waals surface area contributed by atoms with Crippen molar-refractivity contribution in [3.8, 4) is 0 Å². The highest BCUT2D eigenvalue weighted by molar-refractivity contribution is 6.04. The first kappa shape index (κ1) is 20.1. The lowest BCUT2D eigenvalue weighted by molar-refractivity contribution is 0.0144. The van der Waals surface area contributed by atoms with E-state index in [9.17, 15) is 4.79 Å². The number of likely N-dealkylation sites (tertiary alicyclic amines) is 1. The van der Waals surface area contributed by atoms with Crippen molar-refractivity contribution in [2.24, 2.45) is 22.2 Å². The molecule has 4 rings (SSSR count). The summed E-state index contributed by atoms with van der Waals surface area (Å²) in [5.41, 5.74) is 7.38. The SMILES string of the molecule is CC(C)(C)OC(=O)N1CCC(N2CC3(C)C=C(N)C(OCC4CC4)=CC3=N2)CC1. The molecule has 2 aliphatic carbocycles. The van der Waals surface area contributed by atoms with Crippen LogP contribution in [0.1, 0.15) is 53.4 Å². The fourth-order valence-electron chi connectivity index (χ4n) is 4.14. The molecule has 2 fully saturated rings. The van der Waals surface area contributed by atoms with Crippen LogP contribution in [0, 0.1) is 11.3 Å². The van der Waals surface area contributed by atoms with Gasteiger partial charge in [-0.1, -0.05) is 0 Å². The minimum absolute atomic E-state index is 0.182. The van der Waals surface area contributed by atoms with Gasteiger partial charge in [-0.3, -0.25) is 5.01 Å². The van der Waals surface area contributed by atoms with Crippen molar-refractivity contribution in [2.75, 3.05) is 26.2 Å². The van der Waals surface area contributed by atoms with Crippen LogP contribution in [-0.4, -0.2) is 59.6 Å². The number of ether oxygens (including phenoxy) is 2. The van der Waals surface area contributed by atoms with Gasteiger partial charge >= 0.3 is 6.09 Å². The minimum Gasteiger partial charge on any atom is -0.491 e. The van der Waals surface area contributed by atoms with Gasteiger partial charge in [-0.2, -0.15) is 5.10 Å². The van der Waals surface area contributed by atoms with Gasteiger partial charge in [-0.05, 0) is 65.4 Å². The zero-order valence-electron chi connectivity index (χ0n) is 18.1. The fraction of sp³-hybridized carbons (Fsp3) is 0.727. The third-order valence-electron chi connectivity index (χ3n) is 6.05. The number of hydrogen-bond donors (Lipinski definition) is 1. The molecule has 29 heavy (non-hydrogen) atoms. The molecule has 1 saturated heterocycles. The molecular formula is C22H34N4O3. The Morgan fingerprint density at radius 3 is 2.59 bits per heavy atom. The first-order chi connectivity index (χ1) is 13.6. The summed E-state index contributed by atoms with van der Waals surface area (Å²) in [6, 6.07) is 0.322. The molecule has 1 atom stereocenters. The molecule has 0 aromatic rings. The molecule has 2 N–H and O–H groups in total. The predicted octanol–water partition coefficient (Wildman–Crippen LogP) is 3.23. The van der Waals surface area contributed by atoms with E-state index in [4.69, 9.17) is 20.3 Å². The predicted molar refractivity (Wildman–Crippen MR) is 112 cm³/mol. The summed E-state index contributed by atoms with van der Waals surface area (Å²) in [5.74, 6) is 1.45. The van der Waals surface area contributed by atoms with Gasteiger partial charge in [0.1, 0.15) is 11.4 Å². The average Bonchev–Trinajstić information content (AvgIpc) is 3.39. The first-order valence-corrected chi connectivity index (χ1v) is 10.8. The quantitative estimate of drug-likeness (QED) is 0.781. The smallest absolute Gasteiger partial charge is 0.410 e. The van der Waals surface area contributed by atoms with E-state index in [1.165, 1.54) is 12.8 Å². The zero-order valence-corrected chi connectivity index (χ0v) is 18.1. The monoisotopic (exact) mass is 402 g/mol. The minimum atomic E-state index is -0.461. The molecule has 4 aliphatic rings. The van der Waals surface area contributed by atoms with Gasteiger partial charge in [0, 0.05) is 19.2 Å². The van der Waals surface area contributed by atoms with Crippen LogP contribution in [0.2, 0.25) is 0 Å². The number of carbonyl (C=O) groups is 1. The second-order valence-electron chi connectivity index (χ2n) is 10.1. The Kier molecular flexibility index (Phi) is 5.03. The number of rotatable bonds is 4. The molecule has 2 aliphatic heterocycles. The Bertz CT molecular complexity index is 755. The third-order valence-corrected chi connectivity index (χ3v) is 6.05. The van der Waals surface area contributed by atoms with Gasteiger partial charge < -0.3 is 20.1 Å². The van der Waals surface area contributed by atoms with Crippen molar-refractivity contribution in [1.29, 1.82) is 0 Å². The van der Waals surface area contributed by atoms with Crippen LogP contribution in [0.5, 0.6) is 0 Å². The summed E-state index contributed by atoms with van der Waals surface area (Å²) in [6.45, 7) is 10.8. The number of amides is 1. The number of carbonyl (C=O) groups excluding carboxylic acids is 1. The van der Waals surface area contributed by atoms with Gasteiger partial charge in [0.15, 0.2) is 0 Å². The van der Waals surface area contributed by atoms with Crippen molar-refractivity contribution >= 4 is 11.8 Å². The molecular weight excluding hydrogens is 368 g/mol. The summed E-state index contributed by atoms with van der Waals surface area (Å²) < 4.78 is 11.4. The number of nitrogens with zero attached hydrogens (tertiary/aromatic N) is 3. The molecule has 1 unspecified atom stereocenters. The van der Waals surface area contributed by atoms with Crippen LogP contribution in [0.15, 0.2) is 28.7 Å².